The molecule has 0 aliphatic rings. The molecule has 0 aliphatic carbocycles. The second-order valence-electron chi connectivity index (χ2n) is 2.91. The molecule has 0 spiro atoms. The van der Waals surface area contributed by atoms with E-state index in [2.05, 4.69) is 4.98 Å². The van der Waals surface area contributed by atoms with Gasteiger partial charge < -0.3 is 5.11 Å². The molecule has 0 aliphatic heterocycles. The van der Waals surface area contributed by atoms with Crippen LogP contribution in [0.4, 0.5) is 4.39 Å². The number of hydrogen-bond acceptors (Lipinski definition) is 2. The number of halogens is 2. The van der Waals surface area contributed by atoms with E-state index in [-0.39, 0.29) is 11.1 Å². The van der Waals surface area contributed by atoms with Gasteiger partial charge in [0, 0.05) is 5.39 Å². The van der Waals surface area contributed by atoms with Gasteiger partial charge in [-0.15, -0.1) is 0 Å². The van der Waals surface area contributed by atoms with Crippen LogP contribution in [0, 0.1) is 5.95 Å². The highest BCUT2D eigenvalue weighted by Crippen LogP contribution is 2.26. The van der Waals surface area contributed by atoms with E-state index in [0.29, 0.717) is 5.39 Å². The van der Waals surface area contributed by atoms with Crippen LogP contribution in [0.1, 0.15) is 10.4 Å². The molecule has 0 radical (unpaired) electrons. The number of carbonyl (C=O) groups is 1. The van der Waals surface area contributed by atoms with Crippen molar-refractivity contribution >= 4 is 28.5 Å². The molecule has 2 rings (SSSR count). The van der Waals surface area contributed by atoms with Crippen LogP contribution in [0.25, 0.3) is 10.9 Å². The molecule has 0 saturated heterocycles. The molecule has 0 unspecified atom stereocenters. The Hall–Kier alpha value is -1.68. The maximum atomic E-state index is 13.2. The summed E-state index contributed by atoms with van der Waals surface area (Å²) in [4.78, 5) is 14.5. The Morgan fingerprint density at radius 2 is 2.07 bits per heavy atom. The molecule has 0 fully saturated rings. The topological polar surface area (TPSA) is 50.2 Å². The molecule has 1 heterocycles. The van der Waals surface area contributed by atoms with Crippen LogP contribution in [-0.4, -0.2) is 16.1 Å². The summed E-state index contributed by atoms with van der Waals surface area (Å²) in [5.74, 6) is -2.23. The van der Waals surface area contributed by atoms with Gasteiger partial charge in [-0.3, -0.25) is 0 Å². The summed E-state index contributed by atoms with van der Waals surface area (Å²) in [5.41, 5.74) is 0.0246. The number of aromatic carboxylic acids is 1. The van der Waals surface area contributed by atoms with Gasteiger partial charge in [0.05, 0.1) is 11.1 Å². The third-order valence-corrected chi connectivity index (χ3v) is 2.35. The summed E-state index contributed by atoms with van der Waals surface area (Å²) >= 11 is 5.55. The minimum atomic E-state index is -1.27. The standard InChI is InChI=1S/C10H5ClFNO2/c11-8-7(10(14)15)5-3-1-2-4-6(5)13-9(8)12/h1-4H,(H,14,15). The summed E-state index contributed by atoms with van der Waals surface area (Å²) in [7, 11) is 0. The molecular formula is C10H5ClFNO2. The lowest BCUT2D eigenvalue weighted by Crippen LogP contribution is -2.02. The van der Waals surface area contributed by atoms with Crippen molar-refractivity contribution < 1.29 is 14.3 Å². The van der Waals surface area contributed by atoms with Crippen LogP contribution in [-0.2, 0) is 0 Å². The van der Waals surface area contributed by atoms with E-state index in [0.717, 1.165) is 0 Å². The molecule has 1 aromatic heterocycles. The van der Waals surface area contributed by atoms with Gasteiger partial charge in [0.25, 0.3) is 0 Å². The second-order valence-corrected chi connectivity index (χ2v) is 3.29. The first-order valence-electron chi connectivity index (χ1n) is 4.08. The summed E-state index contributed by atoms with van der Waals surface area (Å²) in [6, 6.07) is 6.36. The molecule has 0 saturated carbocycles. The number of benzene rings is 1. The van der Waals surface area contributed by atoms with E-state index < -0.39 is 16.9 Å². The second kappa shape index (κ2) is 3.47. The van der Waals surface area contributed by atoms with E-state index in [4.69, 9.17) is 16.7 Å². The smallest absolute Gasteiger partial charge is 0.338 e. The minimum Gasteiger partial charge on any atom is -0.478 e. The Kier molecular flexibility index (Phi) is 2.28. The first-order valence-corrected chi connectivity index (χ1v) is 4.46. The molecule has 15 heavy (non-hydrogen) atoms. The van der Waals surface area contributed by atoms with Crippen molar-refractivity contribution in [1.82, 2.24) is 4.98 Å². The largest absolute Gasteiger partial charge is 0.478 e. The van der Waals surface area contributed by atoms with Crippen molar-refractivity contribution in [2.75, 3.05) is 0 Å². The number of pyridine rings is 1. The fourth-order valence-corrected chi connectivity index (χ4v) is 1.59. The molecule has 0 atom stereocenters. The molecule has 1 N–H and O–H groups in total. The van der Waals surface area contributed by atoms with Gasteiger partial charge in [0.1, 0.15) is 5.02 Å². The lowest BCUT2D eigenvalue weighted by atomic mass is 10.1. The number of aromatic nitrogens is 1. The highest BCUT2D eigenvalue weighted by Gasteiger charge is 2.18. The highest BCUT2D eigenvalue weighted by atomic mass is 35.5. The number of hydrogen-bond donors (Lipinski definition) is 1. The Bertz CT molecular complexity index is 556. The Balaban J connectivity index is 2.95. The predicted molar refractivity (Wildman–Crippen MR) is 53.7 cm³/mol. The van der Waals surface area contributed by atoms with Gasteiger partial charge in [-0.1, -0.05) is 29.8 Å². The molecule has 76 valence electrons. The van der Waals surface area contributed by atoms with Crippen LogP contribution >= 0.6 is 11.6 Å². The van der Waals surface area contributed by atoms with E-state index in [1.54, 1.807) is 12.1 Å². The molecule has 2 aromatic rings. The van der Waals surface area contributed by atoms with Gasteiger partial charge >= 0.3 is 5.97 Å². The number of para-hydroxylation sites is 1. The van der Waals surface area contributed by atoms with E-state index in [9.17, 15) is 9.18 Å². The van der Waals surface area contributed by atoms with Crippen molar-refractivity contribution in [3.63, 3.8) is 0 Å². The SMILES string of the molecule is O=C(O)c1c(Cl)c(F)nc2ccccc12. The monoisotopic (exact) mass is 225 g/mol. The average molecular weight is 226 g/mol. The Morgan fingerprint density at radius 3 is 2.73 bits per heavy atom. The first kappa shape index (κ1) is 9.86. The van der Waals surface area contributed by atoms with Gasteiger partial charge in [0.15, 0.2) is 0 Å². The summed E-state index contributed by atoms with van der Waals surface area (Å²) in [6.45, 7) is 0. The summed E-state index contributed by atoms with van der Waals surface area (Å²) in [5, 5.41) is 8.78. The fraction of sp³-hybridized carbons (Fsp3) is 0. The van der Waals surface area contributed by atoms with Crippen LogP contribution in [0.3, 0.4) is 0 Å². The number of rotatable bonds is 1. The molecular weight excluding hydrogens is 221 g/mol. The molecule has 3 nitrogen and oxygen atoms in total. The van der Waals surface area contributed by atoms with Crippen molar-refractivity contribution in [1.29, 1.82) is 0 Å². The van der Waals surface area contributed by atoms with E-state index >= 15 is 0 Å². The van der Waals surface area contributed by atoms with E-state index in [1.165, 1.54) is 12.1 Å². The fourth-order valence-electron chi connectivity index (χ4n) is 1.37. The maximum Gasteiger partial charge on any atom is 0.338 e. The third kappa shape index (κ3) is 1.53. The summed E-state index contributed by atoms with van der Waals surface area (Å²) < 4.78 is 13.2. The molecule has 1 aromatic carbocycles. The lowest BCUT2D eigenvalue weighted by molar-refractivity contribution is 0.0698. The zero-order valence-electron chi connectivity index (χ0n) is 7.37. The quantitative estimate of drug-likeness (QED) is 0.760. The van der Waals surface area contributed by atoms with Crippen LogP contribution in [0.15, 0.2) is 24.3 Å². The average Bonchev–Trinajstić information content (AvgIpc) is 2.19. The molecule has 0 bridgehead atoms. The number of carboxylic acid groups (broad SMARTS) is 1. The zero-order valence-corrected chi connectivity index (χ0v) is 8.12. The number of fused-ring (bicyclic) bond motifs is 1. The molecule has 0 amide bonds. The highest BCUT2D eigenvalue weighted by molar-refractivity contribution is 6.35. The van der Waals surface area contributed by atoms with Gasteiger partial charge in [-0.25, -0.2) is 9.78 Å². The predicted octanol–water partition coefficient (Wildman–Crippen LogP) is 2.73. The minimum absolute atomic E-state index is 0.250. The lowest BCUT2D eigenvalue weighted by Gasteiger charge is -2.04. The van der Waals surface area contributed by atoms with Crippen LogP contribution in [0.5, 0.6) is 0 Å². The van der Waals surface area contributed by atoms with Gasteiger partial charge in [-0.05, 0) is 6.07 Å². The van der Waals surface area contributed by atoms with Crippen molar-refractivity contribution in [2.24, 2.45) is 0 Å². The summed E-state index contributed by atoms with van der Waals surface area (Å²) in [6.07, 6.45) is 0. The third-order valence-electron chi connectivity index (χ3n) is 2.01. The Morgan fingerprint density at radius 1 is 1.40 bits per heavy atom. The molecule has 5 heteroatoms. The van der Waals surface area contributed by atoms with Gasteiger partial charge in [-0.2, -0.15) is 4.39 Å². The van der Waals surface area contributed by atoms with Gasteiger partial charge in [0.2, 0.25) is 5.95 Å². The van der Waals surface area contributed by atoms with Crippen LogP contribution < -0.4 is 0 Å². The van der Waals surface area contributed by atoms with Crippen molar-refractivity contribution in [2.45, 2.75) is 0 Å². The Labute approximate surface area is 89.1 Å². The van der Waals surface area contributed by atoms with Crippen LogP contribution in [0.2, 0.25) is 5.02 Å². The van der Waals surface area contributed by atoms with E-state index in [1.807, 2.05) is 0 Å². The number of carboxylic acids is 1. The first-order chi connectivity index (χ1) is 7.11. The normalized spacial score (nSPS) is 10.5. The zero-order chi connectivity index (χ0) is 11.0. The number of nitrogens with zero attached hydrogens (tertiary/aromatic N) is 1. The maximum absolute atomic E-state index is 13.2. The van der Waals surface area contributed by atoms with Crippen molar-refractivity contribution in [3.8, 4) is 0 Å². The van der Waals surface area contributed by atoms with Crippen molar-refractivity contribution in [3.05, 3.63) is 40.8 Å².